The molecule has 1 saturated carbocycles. The van der Waals surface area contributed by atoms with E-state index in [1.165, 1.54) is 19.3 Å². The second kappa shape index (κ2) is 8.06. The molecule has 5 heteroatoms. The van der Waals surface area contributed by atoms with Crippen LogP contribution in [0.1, 0.15) is 44.9 Å². The fourth-order valence-electron chi connectivity index (χ4n) is 1.96. The van der Waals surface area contributed by atoms with Gasteiger partial charge >= 0.3 is 5.97 Å². The summed E-state index contributed by atoms with van der Waals surface area (Å²) in [6.07, 6.45) is 6.27. The first-order valence-corrected chi connectivity index (χ1v) is 6.28. The molecule has 1 aliphatic rings. The summed E-state index contributed by atoms with van der Waals surface area (Å²) < 4.78 is 5.63. The summed E-state index contributed by atoms with van der Waals surface area (Å²) in [5.74, 6) is -1.17. The van der Waals surface area contributed by atoms with Crippen LogP contribution in [0.25, 0.3) is 0 Å². The normalized spacial score (nSPS) is 16.7. The highest BCUT2D eigenvalue weighted by Gasteiger charge is 2.13. The minimum Gasteiger partial charge on any atom is -0.481 e. The minimum absolute atomic E-state index is 0.0404. The molecule has 0 unspecified atom stereocenters. The number of aliphatic carboxylic acids is 1. The minimum atomic E-state index is -0.946. The molecule has 0 aliphatic heterocycles. The largest absolute Gasteiger partial charge is 0.481 e. The third-order valence-corrected chi connectivity index (χ3v) is 2.90. The molecule has 5 nitrogen and oxygen atoms in total. The maximum absolute atomic E-state index is 11.2. The highest BCUT2D eigenvalue weighted by molar-refractivity contribution is 5.80. The summed E-state index contributed by atoms with van der Waals surface area (Å²) in [5.41, 5.74) is 0. The van der Waals surface area contributed by atoms with E-state index in [4.69, 9.17) is 9.84 Å². The molecule has 2 N–H and O–H groups in total. The number of rotatable bonds is 7. The first-order chi connectivity index (χ1) is 8.18. The fraction of sp³-hybridized carbons (Fsp3) is 0.833. The third kappa shape index (κ3) is 6.94. The van der Waals surface area contributed by atoms with Crippen molar-refractivity contribution in [2.45, 2.75) is 51.0 Å². The van der Waals surface area contributed by atoms with Gasteiger partial charge < -0.3 is 15.2 Å². The van der Waals surface area contributed by atoms with Gasteiger partial charge in [0.25, 0.3) is 0 Å². The van der Waals surface area contributed by atoms with Gasteiger partial charge in [0.1, 0.15) is 0 Å². The molecule has 17 heavy (non-hydrogen) atoms. The van der Waals surface area contributed by atoms with Crippen LogP contribution in [0, 0.1) is 0 Å². The number of hydrogen-bond donors (Lipinski definition) is 2. The third-order valence-electron chi connectivity index (χ3n) is 2.90. The molecular formula is C12H21NO4. The second-order valence-corrected chi connectivity index (χ2v) is 4.37. The smallest absolute Gasteiger partial charge is 0.303 e. The zero-order chi connectivity index (χ0) is 12.5. The van der Waals surface area contributed by atoms with Crippen LogP contribution in [0.5, 0.6) is 0 Å². The highest BCUT2D eigenvalue weighted by atomic mass is 16.5. The molecule has 0 aromatic rings. The van der Waals surface area contributed by atoms with Gasteiger partial charge in [-0.15, -0.1) is 0 Å². The topological polar surface area (TPSA) is 75.6 Å². The summed E-state index contributed by atoms with van der Waals surface area (Å²) in [4.78, 5) is 21.4. The number of amides is 1. The van der Waals surface area contributed by atoms with Gasteiger partial charge in [-0.05, 0) is 12.8 Å². The number of carboxylic acids is 1. The van der Waals surface area contributed by atoms with Crippen molar-refractivity contribution in [2.24, 2.45) is 0 Å². The predicted octanol–water partition coefficient (Wildman–Crippen LogP) is 1.32. The second-order valence-electron chi connectivity index (χ2n) is 4.37. The number of ether oxygens (including phenoxy) is 1. The van der Waals surface area contributed by atoms with Crippen LogP contribution in [0.15, 0.2) is 0 Å². The zero-order valence-electron chi connectivity index (χ0n) is 10.1. The Bertz CT molecular complexity index is 249. The number of carbonyl (C=O) groups is 2. The Morgan fingerprint density at radius 2 is 1.88 bits per heavy atom. The van der Waals surface area contributed by atoms with Crippen molar-refractivity contribution in [3.8, 4) is 0 Å². The molecule has 1 fully saturated rings. The molecular weight excluding hydrogens is 222 g/mol. The standard InChI is InChI=1S/C12H21NO4/c14-11(6-7-12(15)16)13-8-9-17-10-4-2-1-3-5-10/h10H,1-9H2,(H,13,14)(H,15,16). The lowest BCUT2D eigenvalue weighted by molar-refractivity contribution is -0.138. The Labute approximate surface area is 102 Å². The summed E-state index contributed by atoms with van der Waals surface area (Å²) in [7, 11) is 0. The van der Waals surface area contributed by atoms with Crippen LogP contribution >= 0.6 is 0 Å². The van der Waals surface area contributed by atoms with Crippen molar-refractivity contribution in [1.29, 1.82) is 0 Å². The molecule has 0 aromatic carbocycles. The Balaban J connectivity index is 1.95. The highest BCUT2D eigenvalue weighted by Crippen LogP contribution is 2.19. The van der Waals surface area contributed by atoms with Gasteiger partial charge in [0, 0.05) is 13.0 Å². The molecule has 1 amide bonds. The average Bonchev–Trinajstić information content (AvgIpc) is 2.33. The Kier molecular flexibility index (Phi) is 6.62. The van der Waals surface area contributed by atoms with Crippen LogP contribution in [-0.4, -0.2) is 36.2 Å². The first kappa shape index (κ1) is 14.0. The first-order valence-electron chi connectivity index (χ1n) is 6.28. The molecule has 0 spiro atoms. The van der Waals surface area contributed by atoms with Gasteiger partial charge in [0.2, 0.25) is 5.91 Å². The Hall–Kier alpha value is -1.10. The van der Waals surface area contributed by atoms with E-state index in [1.54, 1.807) is 0 Å². The molecule has 98 valence electrons. The van der Waals surface area contributed by atoms with E-state index in [0.717, 1.165) is 12.8 Å². The maximum Gasteiger partial charge on any atom is 0.303 e. The van der Waals surface area contributed by atoms with Gasteiger partial charge in [-0.2, -0.15) is 0 Å². The SMILES string of the molecule is O=C(O)CCC(=O)NCCOC1CCCCC1. The van der Waals surface area contributed by atoms with E-state index in [9.17, 15) is 9.59 Å². The molecule has 0 saturated heterocycles. The van der Waals surface area contributed by atoms with Crippen molar-refractivity contribution in [1.82, 2.24) is 5.32 Å². The predicted molar refractivity (Wildman–Crippen MR) is 62.7 cm³/mol. The van der Waals surface area contributed by atoms with Crippen LogP contribution < -0.4 is 5.32 Å². The lowest BCUT2D eigenvalue weighted by Gasteiger charge is -2.21. The van der Waals surface area contributed by atoms with Crippen molar-refractivity contribution in [3.05, 3.63) is 0 Å². The van der Waals surface area contributed by atoms with E-state index in [1.807, 2.05) is 0 Å². The zero-order valence-corrected chi connectivity index (χ0v) is 10.1. The monoisotopic (exact) mass is 243 g/mol. The molecule has 1 rings (SSSR count). The van der Waals surface area contributed by atoms with Gasteiger partial charge in [-0.25, -0.2) is 0 Å². The van der Waals surface area contributed by atoms with Crippen LogP contribution in [0.4, 0.5) is 0 Å². The average molecular weight is 243 g/mol. The van der Waals surface area contributed by atoms with Gasteiger partial charge in [0.15, 0.2) is 0 Å². The number of hydrogen-bond acceptors (Lipinski definition) is 3. The van der Waals surface area contributed by atoms with Crippen molar-refractivity contribution >= 4 is 11.9 Å². The quantitative estimate of drug-likeness (QED) is 0.661. The lowest BCUT2D eigenvalue weighted by Crippen LogP contribution is -2.29. The summed E-state index contributed by atoms with van der Waals surface area (Å²) >= 11 is 0. The van der Waals surface area contributed by atoms with Crippen molar-refractivity contribution in [2.75, 3.05) is 13.2 Å². The van der Waals surface area contributed by atoms with E-state index in [-0.39, 0.29) is 18.7 Å². The van der Waals surface area contributed by atoms with E-state index in [2.05, 4.69) is 5.32 Å². The molecule has 0 heterocycles. The fourth-order valence-corrected chi connectivity index (χ4v) is 1.96. The lowest BCUT2D eigenvalue weighted by atomic mass is 9.98. The van der Waals surface area contributed by atoms with Crippen molar-refractivity contribution < 1.29 is 19.4 Å². The van der Waals surface area contributed by atoms with Gasteiger partial charge in [-0.3, -0.25) is 9.59 Å². The molecule has 0 aromatic heterocycles. The Morgan fingerprint density at radius 3 is 2.53 bits per heavy atom. The van der Waals surface area contributed by atoms with E-state index in [0.29, 0.717) is 19.3 Å². The maximum atomic E-state index is 11.2. The molecule has 1 aliphatic carbocycles. The molecule has 0 radical (unpaired) electrons. The summed E-state index contributed by atoms with van der Waals surface area (Å²) in [6, 6.07) is 0. The summed E-state index contributed by atoms with van der Waals surface area (Å²) in [5, 5.41) is 11.0. The van der Waals surface area contributed by atoms with E-state index < -0.39 is 5.97 Å². The van der Waals surface area contributed by atoms with Crippen LogP contribution in [0.2, 0.25) is 0 Å². The Morgan fingerprint density at radius 1 is 1.18 bits per heavy atom. The van der Waals surface area contributed by atoms with Crippen LogP contribution in [-0.2, 0) is 14.3 Å². The number of carboxylic acid groups (broad SMARTS) is 1. The molecule has 0 bridgehead atoms. The van der Waals surface area contributed by atoms with Gasteiger partial charge in [0.05, 0.1) is 19.1 Å². The van der Waals surface area contributed by atoms with Crippen molar-refractivity contribution in [3.63, 3.8) is 0 Å². The summed E-state index contributed by atoms with van der Waals surface area (Å²) in [6.45, 7) is 0.985. The van der Waals surface area contributed by atoms with E-state index >= 15 is 0 Å². The van der Waals surface area contributed by atoms with Gasteiger partial charge in [-0.1, -0.05) is 19.3 Å². The number of nitrogens with one attached hydrogen (secondary N) is 1. The molecule has 0 atom stereocenters. The number of carbonyl (C=O) groups excluding carboxylic acids is 1. The van der Waals surface area contributed by atoms with Crippen LogP contribution in [0.3, 0.4) is 0 Å².